The van der Waals surface area contributed by atoms with Crippen LogP contribution in [0.1, 0.15) is 41.9 Å². The first kappa shape index (κ1) is 22.3. The average Bonchev–Trinajstić information content (AvgIpc) is 3.20. The zero-order valence-corrected chi connectivity index (χ0v) is 17.1. The Balaban J connectivity index is 1.95. The molecule has 162 valence electrons. The molecule has 1 aliphatic rings. The summed E-state index contributed by atoms with van der Waals surface area (Å²) in [7, 11) is 0. The lowest BCUT2D eigenvalue weighted by atomic mass is 9.84. The van der Waals surface area contributed by atoms with Crippen molar-refractivity contribution in [3.8, 4) is 0 Å². The van der Waals surface area contributed by atoms with Gasteiger partial charge in [-0.3, -0.25) is 9.59 Å². The second kappa shape index (κ2) is 9.64. The van der Waals surface area contributed by atoms with E-state index in [0.29, 0.717) is 32.0 Å². The number of nitrogens with one attached hydrogen (secondary N) is 1. The highest BCUT2D eigenvalue weighted by molar-refractivity contribution is 6.33. The molecule has 1 heterocycles. The van der Waals surface area contributed by atoms with Crippen LogP contribution in [0.4, 0.5) is 8.78 Å². The fourth-order valence-electron chi connectivity index (χ4n) is 4.14. The van der Waals surface area contributed by atoms with Crippen LogP contribution in [0.25, 0.3) is 0 Å². The van der Waals surface area contributed by atoms with Crippen LogP contribution in [0.2, 0.25) is 0 Å². The number of likely N-dealkylation sites (tertiary alicyclic amines) is 1. The topological polar surface area (TPSA) is 81.5 Å². The van der Waals surface area contributed by atoms with E-state index < -0.39 is 35.0 Å². The number of carbonyl (C=O) groups is 2. The molecule has 0 unspecified atom stereocenters. The fraction of sp³-hybridized carbons (Fsp3) is 0.292. The number of rotatable bonds is 7. The van der Waals surface area contributed by atoms with Gasteiger partial charge in [0.1, 0.15) is 11.6 Å². The molecule has 2 aromatic rings. The zero-order valence-electron chi connectivity index (χ0n) is 17.1. The maximum atomic E-state index is 14.7. The monoisotopic (exact) mass is 426 g/mol. The Morgan fingerprint density at radius 3 is 2.55 bits per heavy atom. The third kappa shape index (κ3) is 5.05. The molecule has 7 heteroatoms. The Morgan fingerprint density at radius 2 is 1.90 bits per heavy atom. The number of nitrogens with zero attached hydrogens (tertiary/aromatic N) is 1. The van der Waals surface area contributed by atoms with Crippen LogP contribution in [-0.4, -0.2) is 40.5 Å². The number of ketones is 1. The van der Waals surface area contributed by atoms with Gasteiger partial charge in [-0.05, 0) is 43.9 Å². The molecule has 0 aliphatic carbocycles. The van der Waals surface area contributed by atoms with Crippen LogP contribution < -0.4 is 0 Å². The highest BCUT2D eigenvalue weighted by atomic mass is 19.1. The Morgan fingerprint density at radius 1 is 1.23 bits per heavy atom. The predicted molar refractivity (Wildman–Crippen MR) is 113 cm³/mol. The van der Waals surface area contributed by atoms with Gasteiger partial charge in [-0.1, -0.05) is 35.9 Å². The molecule has 0 aromatic heterocycles. The maximum Gasteiger partial charge on any atom is 0.250 e. The number of carbonyl (C=O) groups excluding carboxylic acids is 2. The SMILES string of the molecule is Cc1cccc([C@H](C[C@H]2CCCN2C(=O)/C=C(\O)C(=O)C=N)c2c(F)cccc2F)c1. The molecule has 31 heavy (non-hydrogen) atoms. The van der Waals surface area contributed by atoms with Gasteiger partial charge in [0.05, 0.1) is 6.21 Å². The molecule has 5 nitrogen and oxygen atoms in total. The van der Waals surface area contributed by atoms with Crippen molar-refractivity contribution in [3.05, 3.63) is 82.6 Å². The van der Waals surface area contributed by atoms with E-state index in [1.54, 1.807) is 0 Å². The van der Waals surface area contributed by atoms with E-state index in [-0.39, 0.29) is 11.6 Å². The molecular weight excluding hydrogens is 402 g/mol. The van der Waals surface area contributed by atoms with E-state index in [9.17, 15) is 23.5 Å². The van der Waals surface area contributed by atoms with Crippen LogP contribution in [-0.2, 0) is 9.59 Å². The van der Waals surface area contributed by atoms with Crippen molar-refractivity contribution in [2.75, 3.05) is 6.54 Å². The van der Waals surface area contributed by atoms with E-state index in [4.69, 9.17) is 5.41 Å². The first-order valence-electron chi connectivity index (χ1n) is 10.1. The number of hydrogen-bond acceptors (Lipinski definition) is 4. The third-order valence-electron chi connectivity index (χ3n) is 5.60. The summed E-state index contributed by atoms with van der Waals surface area (Å²) >= 11 is 0. The quantitative estimate of drug-likeness (QED) is 0.390. The predicted octanol–water partition coefficient (Wildman–Crippen LogP) is 4.45. The number of halogens is 2. The normalized spacial score (nSPS) is 17.5. The van der Waals surface area contributed by atoms with Crippen LogP contribution in [0.5, 0.6) is 0 Å². The van der Waals surface area contributed by atoms with Gasteiger partial charge in [-0.2, -0.15) is 0 Å². The second-order valence-electron chi connectivity index (χ2n) is 7.70. The van der Waals surface area contributed by atoms with Crippen LogP contribution in [0.15, 0.2) is 54.3 Å². The fourth-order valence-corrected chi connectivity index (χ4v) is 4.14. The molecular formula is C24H24F2N2O3. The van der Waals surface area contributed by atoms with Crippen molar-refractivity contribution in [1.29, 1.82) is 5.41 Å². The minimum Gasteiger partial charge on any atom is -0.504 e. The number of aryl methyl sites for hydroxylation is 1. The van der Waals surface area contributed by atoms with E-state index >= 15 is 0 Å². The number of aliphatic hydroxyl groups is 1. The minimum atomic E-state index is -0.963. The Bertz CT molecular complexity index is 1010. The summed E-state index contributed by atoms with van der Waals surface area (Å²) in [5, 5.41) is 16.6. The molecule has 3 rings (SSSR count). The van der Waals surface area contributed by atoms with Crippen LogP contribution >= 0.6 is 0 Å². The molecule has 2 aromatic carbocycles. The number of aliphatic hydroxyl groups excluding tert-OH is 1. The van der Waals surface area contributed by atoms with Gasteiger partial charge in [0.2, 0.25) is 5.78 Å². The van der Waals surface area contributed by atoms with Gasteiger partial charge in [-0.25, -0.2) is 8.78 Å². The second-order valence-corrected chi connectivity index (χ2v) is 7.70. The van der Waals surface area contributed by atoms with Gasteiger partial charge in [-0.15, -0.1) is 0 Å². The van der Waals surface area contributed by atoms with Crippen molar-refractivity contribution >= 4 is 17.9 Å². The summed E-state index contributed by atoms with van der Waals surface area (Å²) in [4.78, 5) is 25.5. The van der Waals surface area contributed by atoms with Crippen LogP contribution in [0.3, 0.4) is 0 Å². The molecule has 2 N–H and O–H groups in total. The van der Waals surface area contributed by atoms with Gasteiger partial charge in [0.15, 0.2) is 5.76 Å². The lowest BCUT2D eigenvalue weighted by Crippen LogP contribution is -2.36. The molecule has 0 radical (unpaired) electrons. The molecule has 0 spiro atoms. The standard InChI is InChI=1S/C24H24F2N2O3/c1-15-5-2-6-16(11-15)18(24-19(25)8-3-9-20(24)26)12-17-7-4-10-28(17)23(31)13-21(29)22(30)14-27/h2-3,5-6,8-9,11,13-14,17-18,27,29H,4,7,10,12H2,1H3/b21-13-,27-14?/t17-,18+/m1/s1. The molecule has 0 bridgehead atoms. The number of amides is 1. The van der Waals surface area contributed by atoms with E-state index in [0.717, 1.165) is 17.2 Å². The van der Waals surface area contributed by atoms with Gasteiger partial charge in [0, 0.05) is 30.1 Å². The van der Waals surface area contributed by atoms with Gasteiger partial charge >= 0.3 is 0 Å². The largest absolute Gasteiger partial charge is 0.504 e. The Kier molecular flexibility index (Phi) is 6.95. The summed E-state index contributed by atoms with van der Waals surface area (Å²) in [5.74, 6) is -4.23. The number of allylic oxidation sites excluding steroid dienone is 1. The highest BCUT2D eigenvalue weighted by Crippen LogP contribution is 2.36. The number of hydrogen-bond donors (Lipinski definition) is 2. The van der Waals surface area contributed by atoms with Crippen molar-refractivity contribution in [1.82, 2.24) is 4.90 Å². The summed E-state index contributed by atoms with van der Waals surface area (Å²) in [6, 6.07) is 10.9. The van der Waals surface area contributed by atoms with Crippen LogP contribution in [0, 0.1) is 24.0 Å². The van der Waals surface area contributed by atoms with Crippen molar-refractivity contribution in [2.24, 2.45) is 0 Å². The number of Topliss-reactive ketones (excluding diaryl/α,β-unsaturated/α-hetero) is 1. The number of benzene rings is 2. The summed E-state index contributed by atoms with van der Waals surface area (Å²) in [5.41, 5.74) is 1.67. The Hall–Kier alpha value is -3.35. The average molecular weight is 426 g/mol. The third-order valence-corrected chi connectivity index (χ3v) is 5.60. The molecule has 1 saturated heterocycles. The van der Waals surface area contributed by atoms with E-state index in [1.807, 2.05) is 31.2 Å². The minimum absolute atomic E-state index is 0.0372. The maximum absolute atomic E-state index is 14.7. The first-order valence-corrected chi connectivity index (χ1v) is 10.1. The molecule has 1 fully saturated rings. The summed E-state index contributed by atoms with van der Waals surface area (Å²) < 4.78 is 29.4. The molecule has 1 amide bonds. The van der Waals surface area contributed by atoms with Gasteiger partial charge < -0.3 is 15.4 Å². The lowest BCUT2D eigenvalue weighted by Gasteiger charge is -2.29. The molecule has 2 atom stereocenters. The highest BCUT2D eigenvalue weighted by Gasteiger charge is 2.33. The lowest BCUT2D eigenvalue weighted by molar-refractivity contribution is -0.127. The smallest absolute Gasteiger partial charge is 0.250 e. The van der Waals surface area contributed by atoms with E-state index in [1.165, 1.54) is 23.1 Å². The van der Waals surface area contributed by atoms with Crippen molar-refractivity contribution < 1.29 is 23.5 Å². The first-order chi connectivity index (χ1) is 14.8. The molecule has 1 aliphatic heterocycles. The zero-order chi connectivity index (χ0) is 22.5. The summed E-state index contributed by atoms with van der Waals surface area (Å²) in [6.07, 6.45) is 2.85. The van der Waals surface area contributed by atoms with Gasteiger partial charge in [0.25, 0.3) is 5.91 Å². The van der Waals surface area contributed by atoms with E-state index in [2.05, 4.69) is 0 Å². The van der Waals surface area contributed by atoms with Crippen molar-refractivity contribution in [3.63, 3.8) is 0 Å². The Labute approximate surface area is 179 Å². The molecule has 0 saturated carbocycles. The summed E-state index contributed by atoms with van der Waals surface area (Å²) in [6.45, 7) is 2.31. The van der Waals surface area contributed by atoms with Crippen molar-refractivity contribution in [2.45, 2.75) is 38.1 Å².